The Kier molecular flexibility index (Phi) is 8.27. The predicted molar refractivity (Wildman–Crippen MR) is 136 cm³/mol. The van der Waals surface area contributed by atoms with Gasteiger partial charge in [0, 0.05) is 32.4 Å². The lowest BCUT2D eigenvalue weighted by molar-refractivity contribution is 0.685. The lowest BCUT2D eigenvalue weighted by atomic mass is 10.1. The summed E-state index contributed by atoms with van der Waals surface area (Å²) in [6.07, 6.45) is 5.80. The summed E-state index contributed by atoms with van der Waals surface area (Å²) in [6, 6.07) is 17.2. The number of benzene rings is 2. The van der Waals surface area contributed by atoms with Crippen LogP contribution in [0.1, 0.15) is 36.9 Å². The van der Waals surface area contributed by atoms with E-state index in [1.54, 1.807) is 18.1 Å². The minimum Gasteiger partial charge on any atom is -0.372 e. The second-order valence-corrected chi connectivity index (χ2v) is 7.59. The standard InChI is InChI=1S/C23H29N7.HI/c1-18(20-6-5-7-22(14-20)29-12-3-4-13-29)28-23(24-2)26-15-19-8-10-21(11-9-19)30-17-25-16-27-30;/h5-11,14,16-18H,3-4,12-13,15H2,1-2H3,(H2,24,26,28);1H. The highest BCUT2D eigenvalue weighted by atomic mass is 127. The first kappa shape index (κ1) is 23.1. The fraction of sp³-hybridized carbons (Fsp3) is 0.348. The zero-order chi connectivity index (χ0) is 20.8. The Hall–Kier alpha value is -2.62. The predicted octanol–water partition coefficient (Wildman–Crippen LogP) is 3.91. The molecule has 2 aromatic carbocycles. The molecule has 2 heterocycles. The van der Waals surface area contributed by atoms with E-state index in [4.69, 9.17) is 0 Å². The van der Waals surface area contributed by atoms with Gasteiger partial charge >= 0.3 is 0 Å². The topological polar surface area (TPSA) is 70.4 Å². The molecule has 0 saturated carbocycles. The van der Waals surface area contributed by atoms with Gasteiger partial charge in [0.15, 0.2) is 5.96 Å². The van der Waals surface area contributed by atoms with Crippen LogP contribution in [0, 0.1) is 0 Å². The van der Waals surface area contributed by atoms with E-state index in [2.05, 4.69) is 73.9 Å². The molecule has 1 unspecified atom stereocenters. The highest BCUT2D eigenvalue weighted by Crippen LogP contribution is 2.24. The van der Waals surface area contributed by atoms with E-state index < -0.39 is 0 Å². The molecule has 4 rings (SSSR count). The van der Waals surface area contributed by atoms with Gasteiger partial charge in [0.2, 0.25) is 0 Å². The third-order valence-electron chi connectivity index (χ3n) is 5.50. The zero-order valence-electron chi connectivity index (χ0n) is 18.0. The molecular weight excluding hydrogens is 501 g/mol. The maximum atomic E-state index is 4.39. The molecule has 2 N–H and O–H groups in total. The molecule has 0 aliphatic carbocycles. The van der Waals surface area contributed by atoms with E-state index in [1.165, 1.54) is 36.0 Å². The van der Waals surface area contributed by atoms with E-state index >= 15 is 0 Å². The van der Waals surface area contributed by atoms with Gasteiger partial charge in [-0.15, -0.1) is 24.0 Å². The van der Waals surface area contributed by atoms with E-state index in [0.29, 0.717) is 6.54 Å². The number of anilines is 1. The van der Waals surface area contributed by atoms with Crippen LogP contribution in [0.25, 0.3) is 5.69 Å². The van der Waals surface area contributed by atoms with Crippen LogP contribution in [0.4, 0.5) is 5.69 Å². The van der Waals surface area contributed by atoms with Crippen LogP contribution >= 0.6 is 24.0 Å². The molecule has 31 heavy (non-hydrogen) atoms. The molecule has 1 fully saturated rings. The molecule has 164 valence electrons. The maximum Gasteiger partial charge on any atom is 0.191 e. The summed E-state index contributed by atoms with van der Waals surface area (Å²) < 4.78 is 1.75. The van der Waals surface area contributed by atoms with Crippen LogP contribution in [0.2, 0.25) is 0 Å². The van der Waals surface area contributed by atoms with Crippen molar-refractivity contribution in [2.45, 2.75) is 32.4 Å². The van der Waals surface area contributed by atoms with Gasteiger partial charge in [-0.25, -0.2) is 9.67 Å². The minimum atomic E-state index is 0. The Morgan fingerprint density at radius 3 is 2.55 bits per heavy atom. The molecule has 1 aliphatic rings. The average Bonchev–Trinajstić information content (AvgIpc) is 3.51. The summed E-state index contributed by atoms with van der Waals surface area (Å²) in [4.78, 5) is 10.8. The summed E-state index contributed by atoms with van der Waals surface area (Å²) in [5.74, 6) is 0.787. The zero-order valence-corrected chi connectivity index (χ0v) is 20.4. The fourth-order valence-electron chi connectivity index (χ4n) is 3.74. The van der Waals surface area contributed by atoms with E-state index in [0.717, 1.165) is 24.7 Å². The minimum absolute atomic E-state index is 0. The fourth-order valence-corrected chi connectivity index (χ4v) is 3.74. The van der Waals surface area contributed by atoms with Gasteiger partial charge in [0.05, 0.1) is 11.7 Å². The molecule has 1 aromatic heterocycles. The number of hydrogen-bond acceptors (Lipinski definition) is 4. The first-order valence-electron chi connectivity index (χ1n) is 10.5. The summed E-state index contributed by atoms with van der Waals surface area (Å²) in [6.45, 7) is 5.18. The first-order valence-corrected chi connectivity index (χ1v) is 10.5. The van der Waals surface area contributed by atoms with Crippen molar-refractivity contribution < 1.29 is 0 Å². The summed E-state index contributed by atoms with van der Waals surface area (Å²) in [5.41, 5.74) is 4.74. The number of hydrogen-bond donors (Lipinski definition) is 2. The molecular formula is C23H30IN7. The van der Waals surface area contributed by atoms with Gasteiger partial charge in [-0.1, -0.05) is 24.3 Å². The molecule has 7 nitrogen and oxygen atoms in total. The van der Waals surface area contributed by atoms with Crippen LogP contribution < -0.4 is 15.5 Å². The molecule has 1 aliphatic heterocycles. The number of rotatable bonds is 6. The van der Waals surface area contributed by atoms with Crippen molar-refractivity contribution >= 4 is 35.6 Å². The average molecular weight is 531 g/mol. The molecule has 8 heteroatoms. The van der Waals surface area contributed by atoms with E-state index in [9.17, 15) is 0 Å². The SMILES string of the molecule is CN=C(NCc1ccc(-n2cncn2)cc1)NC(C)c1cccc(N2CCCC2)c1.I. The molecule has 3 aromatic rings. The second kappa shape index (κ2) is 11.1. The molecule has 0 bridgehead atoms. The van der Waals surface area contributed by atoms with E-state index in [-0.39, 0.29) is 30.0 Å². The lowest BCUT2D eigenvalue weighted by Crippen LogP contribution is -2.38. The van der Waals surface area contributed by atoms with Crippen molar-refractivity contribution in [1.29, 1.82) is 0 Å². The van der Waals surface area contributed by atoms with Crippen molar-refractivity contribution in [3.05, 3.63) is 72.3 Å². The van der Waals surface area contributed by atoms with Crippen LogP contribution in [0.3, 0.4) is 0 Å². The quantitative estimate of drug-likeness (QED) is 0.287. The number of aromatic nitrogens is 3. The normalized spacial score (nSPS) is 14.8. The van der Waals surface area contributed by atoms with Crippen molar-refractivity contribution in [3.8, 4) is 5.69 Å². The Labute approximate surface area is 201 Å². The third kappa shape index (κ3) is 5.96. The molecule has 1 atom stereocenters. The van der Waals surface area contributed by atoms with Gasteiger partial charge < -0.3 is 15.5 Å². The van der Waals surface area contributed by atoms with Gasteiger partial charge in [0.25, 0.3) is 0 Å². The van der Waals surface area contributed by atoms with Gasteiger partial charge in [-0.3, -0.25) is 4.99 Å². The van der Waals surface area contributed by atoms with Gasteiger partial charge in [0.1, 0.15) is 12.7 Å². The van der Waals surface area contributed by atoms with Crippen LogP contribution in [-0.4, -0.2) is 40.9 Å². The van der Waals surface area contributed by atoms with Crippen LogP contribution in [0.15, 0.2) is 66.2 Å². The summed E-state index contributed by atoms with van der Waals surface area (Å²) >= 11 is 0. The van der Waals surface area contributed by atoms with Gasteiger partial charge in [-0.05, 0) is 55.2 Å². The van der Waals surface area contributed by atoms with Crippen molar-refractivity contribution in [1.82, 2.24) is 25.4 Å². The second-order valence-electron chi connectivity index (χ2n) is 7.59. The largest absolute Gasteiger partial charge is 0.372 e. The monoisotopic (exact) mass is 531 g/mol. The Morgan fingerprint density at radius 2 is 1.87 bits per heavy atom. The summed E-state index contributed by atoms with van der Waals surface area (Å²) in [5, 5.41) is 11.1. The molecule has 0 radical (unpaired) electrons. The van der Waals surface area contributed by atoms with Crippen molar-refractivity contribution in [2.24, 2.45) is 4.99 Å². The number of halogens is 1. The van der Waals surface area contributed by atoms with Crippen molar-refractivity contribution in [2.75, 3.05) is 25.0 Å². The van der Waals surface area contributed by atoms with Crippen LogP contribution in [-0.2, 0) is 6.54 Å². The van der Waals surface area contributed by atoms with E-state index in [1.807, 2.05) is 12.1 Å². The molecule has 0 amide bonds. The van der Waals surface area contributed by atoms with Crippen molar-refractivity contribution in [3.63, 3.8) is 0 Å². The highest BCUT2D eigenvalue weighted by molar-refractivity contribution is 14.0. The molecule has 0 spiro atoms. The smallest absolute Gasteiger partial charge is 0.191 e. The molecule has 1 saturated heterocycles. The third-order valence-corrected chi connectivity index (χ3v) is 5.50. The number of nitrogens with zero attached hydrogens (tertiary/aromatic N) is 5. The lowest BCUT2D eigenvalue weighted by Gasteiger charge is -2.22. The number of nitrogens with one attached hydrogen (secondary N) is 2. The number of aliphatic imine (C=N–C) groups is 1. The first-order chi connectivity index (χ1) is 14.7. The van der Waals surface area contributed by atoms with Crippen LogP contribution in [0.5, 0.6) is 0 Å². The Morgan fingerprint density at radius 1 is 1.10 bits per heavy atom. The summed E-state index contributed by atoms with van der Waals surface area (Å²) in [7, 11) is 1.80. The highest BCUT2D eigenvalue weighted by Gasteiger charge is 2.14. The Balaban J connectivity index is 0.00000272. The maximum absolute atomic E-state index is 4.39. The number of guanidine groups is 1. The van der Waals surface area contributed by atoms with Gasteiger partial charge in [-0.2, -0.15) is 5.10 Å². The Bertz CT molecular complexity index is 964.